The summed E-state index contributed by atoms with van der Waals surface area (Å²) in [6.45, 7) is 2.00. The number of rotatable bonds is 4. The molecule has 2 aromatic carbocycles. The van der Waals surface area contributed by atoms with Crippen LogP contribution in [0.15, 0.2) is 46.9 Å². The molecular formula is C17H13BrFN3O2. The molecule has 0 radical (unpaired) electrons. The zero-order valence-corrected chi connectivity index (χ0v) is 14.3. The van der Waals surface area contributed by atoms with Crippen LogP contribution < -0.4 is 0 Å². The summed E-state index contributed by atoms with van der Waals surface area (Å²) in [5, 5.41) is 17.0. The average Bonchev–Trinajstić information content (AvgIpc) is 2.94. The Morgan fingerprint density at radius 1 is 1.29 bits per heavy atom. The van der Waals surface area contributed by atoms with Crippen molar-refractivity contribution in [3.05, 3.63) is 69.6 Å². The fourth-order valence-corrected chi connectivity index (χ4v) is 2.79. The van der Waals surface area contributed by atoms with E-state index >= 15 is 0 Å². The summed E-state index contributed by atoms with van der Waals surface area (Å²) in [4.78, 5) is 11.5. The second-order valence-corrected chi connectivity index (χ2v) is 6.27. The summed E-state index contributed by atoms with van der Waals surface area (Å²) in [5.41, 5.74) is 2.25. The second-order valence-electron chi connectivity index (χ2n) is 5.35. The molecule has 0 aliphatic carbocycles. The third kappa shape index (κ3) is 3.21. The highest BCUT2D eigenvalue weighted by molar-refractivity contribution is 9.10. The topological polar surface area (TPSA) is 68.0 Å². The van der Waals surface area contributed by atoms with E-state index in [0.29, 0.717) is 21.3 Å². The molecule has 1 aromatic heterocycles. The molecule has 0 spiro atoms. The number of benzene rings is 2. The van der Waals surface area contributed by atoms with E-state index in [9.17, 15) is 14.3 Å². The minimum Gasteiger partial charge on any atom is -0.476 e. The smallest absolute Gasteiger partial charge is 0.358 e. The number of carbonyl (C=O) groups is 1. The lowest BCUT2D eigenvalue weighted by molar-refractivity contribution is 0.0691. The van der Waals surface area contributed by atoms with E-state index in [1.165, 1.54) is 10.7 Å². The first-order chi connectivity index (χ1) is 11.5. The normalized spacial score (nSPS) is 10.8. The maximum atomic E-state index is 14.1. The van der Waals surface area contributed by atoms with E-state index in [1.54, 1.807) is 18.2 Å². The predicted octanol–water partition coefficient (Wildman–Crippen LogP) is 3.90. The Bertz CT molecular complexity index is 924. The summed E-state index contributed by atoms with van der Waals surface area (Å²) in [6.07, 6.45) is 0. The number of halogens is 2. The molecule has 5 nitrogen and oxygen atoms in total. The van der Waals surface area contributed by atoms with Gasteiger partial charge >= 0.3 is 5.97 Å². The number of aromatic carboxylic acids is 1. The molecular weight excluding hydrogens is 377 g/mol. The number of nitrogens with zero attached hydrogens (tertiary/aromatic N) is 3. The molecule has 1 heterocycles. The average molecular weight is 390 g/mol. The lowest BCUT2D eigenvalue weighted by atomic mass is 10.1. The van der Waals surface area contributed by atoms with Crippen LogP contribution in [-0.2, 0) is 6.54 Å². The Morgan fingerprint density at radius 2 is 2.08 bits per heavy atom. The molecule has 0 amide bonds. The maximum absolute atomic E-state index is 14.1. The second kappa shape index (κ2) is 6.52. The summed E-state index contributed by atoms with van der Waals surface area (Å²) < 4.78 is 16.1. The molecule has 7 heteroatoms. The fourth-order valence-electron chi connectivity index (χ4n) is 2.46. The molecule has 0 atom stereocenters. The number of aromatic nitrogens is 3. The van der Waals surface area contributed by atoms with Crippen molar-refractivity contribution < 1.29 is 14.3 Å². The fraction of sp³-hybridized carbons (Fsp3) is 0.118. The van der Waals surface area contributed by atoms with Crippen LogP contribution in [0.4, 0.5) is 4.39 Å². The molecule has 0 aliphatic rings. The third-order valence-corrected chi connectivity index (χ3v) is 4.06. The number of carboxylic acids is 1. The van der Waals surface area contributed by atoms with Crippen molar-refractivity contribution in [2.45, 2.75) is 13.5 Å². The van der Waals surface area contributed by atoms with Crippen LogP contribution in [0.2, 0.25) is 0 Å². The van der Waals surface area contributed by atoms with Crippen LogP contribution in [0.25, 0.3) is 11.3 Å². The largest absolute Gasteiger partial charge is 0.476 e. The van der Waals surface area contributed by atoms with Gasteiger partial charge in [0, 0.05) is 15.6 Å². The summed E-state index contributed by atoms with van der Waals surface area (Å²) in [6, 6.07) is 12.1. The van der Waals surface area contributed by atoms with Gasteiger partial charge in [-0.15, -0.1) is 5.10 Å². The van der Waals surface area contributed by atoms with Gasteiger partial charge in [-0.25, -0.2) is 13.9 Å². The standard InChI is InChI=1S/C17H13BrFN3O2/c1-10-3-2-4-11(7-10)16-15(17(23)24)20-21-22(16)9-12-5-6-13(18)8-14(12)19/h2-8H,9H2,1H3,(H,23,24). The molecule has 0 saturated carbocycles. The van der Waals surface area contributed by atoms with Gasteiger partial charge in [0.1, 0.15) is 11.5 Å². The lowest BCUT2D eigenvalue weighted by Crippen LogP contribution is -2.07. The van der Waals surface area contributed by atoms with Gasteiger partial charge in [0.05, 0.1) is 6.54 Å². The molecule has 0 saturated heterocycles. The monoisotopic (exact) mass is 389 g/mol. The van der Waals surface area contributed by atoms with Gasteiger partial charge in [-0.05, 0) is 25.1 Å². The Labute approximate surface area is 145 Å². The van der Waals surface area contributed by atoms with Crippen molar-refractivity contribution in [1.29, 1.82) is 0 Å². The highest BCUT2D eigenvalue weighted by Crippen LogP contribution is 2.25. The summed E-state index contributed by atoms with van der Waals surface area (Å²) in [5.74, 6) is -1.57. The highest BCUT2D eigenvalue weighted by atomic mass is 79.9. The first kappa shape index (κ1) is 16.3. The molecule has 0 bridgehead atoms. The van der Waals surface area contributed by atoms with E-state index in [1.807, 2.05) is 25.1 Å². The Hall–Kier alpha value is -2.54. The zero-order valence-electron chi connectivity index (χ0n) is 12.7. The van der Waals surface area contributed by atoms with Gasteiger partial charge in [0.25, 0.3) is 0 Å². The maximum Gasteiger partial charge on any atom is 0.358 e. The van der Waals surface area contributed by atoms with Gasteiger partial charge in [0.15, 0.2) is 5.69 Å². The van der Waals surface area contributed by atoms with Crippen LogP contribution in [0.3, 0.4) is 0 Å². The van der Waals surface area contributed by atoms with Crippen molar-refractivity contribution in [1.82, 2.24) is 15.0 Å². The molecule has 122 valence electrons. The van der Waals surface area contributed by atoms with Crippen molar-refractivity contribution >= 4 is 21.9 Å². The number of carboxylic acid groups (broad SMARTS) is 1. The van der Waals surface area contributed by atoms with Gasteiger partial charge in [-0.3, -0.25) is 0 Å². The van der Waals surface area contributed by atoms with Crippen molar-refractivity contribution in [2.75, 3.05) is 0 Å². The van der Waals surface area contributed by atoms with Gasteiger partial charge < -0.3 is 5.11 Å². The molecule has 0 aliphatic heterocycles. The van der Waals surface area contributed by atoms with Gasteiger partial charge in [-0.2, -0.15) is 0 Å². The number of hydrogen-bond acceptors (Lipinski definition) is 3. The number of hydrogen-bond donors (Lipinski definition) is 1. The van der Waals surface area contributed by atoms with Crippen LogP contribution in [-0.4, -0.2) is 26.1 Å². The van der Waals surface area contributed by atoms with Crippen LogP contribution in [0.1, 0.15) is 21.6 Å². The SMILES string of the molecule is Cc1cccc(-c2c(C(=O)O)nnn2Cc2ccc(Br)cc2F)c1. The quantitative estimate of drug-likeness (QED) is 0.734. The first-order valence-electron chi connectivity index (χ1n) is 7.13. The molecule has 1 N–H and O–H groups in total. The van der Waals surface area contributed by atoms with Crippen LogP contribution in [0.5, 0.6) is 0 Å². The van der Waals surface area contributed by atoms with Crippen LogP contribution >= 0.6 is 15.9 Å². The van der Waals surface area contributed by atoms with E-state index in [0.717, 1.165) is 5.56 Å². The molecule has 3 aromatic rings. The van der Waals surface area contributed by atoms with Crippen molar-refractivity contribution in [3.8, 4) is 11.3 Å². The van der Waals surface area contributed by atoms with E-state index in [4.69, 9.17) is 0 Å². The molecule has 3 rings (SSSR count). The van der Waals surface area contributed by atoms with Crippen molar-refractivity contribution in [3.63, 3.8) is 0 Å². The molecule has 0 fully saturated rings. The predicted molar refractivity (Wildman–Crippen MR) is 90.4 cm³/mol. The highest BCUT2D eigenvalue weighted by Gasteiger charge is 2.21. The third-order valence-electron chi connectivity index (χ3n) is 3.56. The summed E-state index contributed by atoms with van der Waals surface area (Å²) >= 11 is 3.21. The zero-order chi connectivity index (χ0) is 17.3. The Kier molecular flexibility index (Phi) is 4.44. The number of aryl methyl sites for hydroxylation is 1. The first-order valence-corrected chi connectivity index (χ1v) is 7.93. The van der Waals surface area contributed by atoms with E-state index < -0.39 is 11.8 Å². The van der Waals surface area contributed by atoms with E-state index in [-0.39, 0.29) is 12.2 Å². The van der Waals surface area contributed by atoms with Crippen LogP contribution in [0, 0.1) is 12.7 Å². The summed E-state index contributed by atoms with van der Waals surface area (Å²) in [7, 11) is 0. The molecule has 0 unspecified atom stereocenters. The Morgan fingerprint density at radius 3 is 2.75 bits per heavy atom. The lowest BCUT2D eigenvalue weighted by Gasteiger charge is -2.09. The Balaban J connectivity index is 2.10. The minimum atomic E-state index is -1.17. The van der Waals surface area contributed by atoms with Gasteiger partial charge in [-0.1, -0.05) is 51.0 Å². The molecule has 24 heavy (non-hydrogen) atoms. The van der Waals surface area contributed by atoms with E-state index in [2.05, 4.69) is 26.2 Å². The minimum absolute atomic E-state index is 0.0860. The van der Waals surface area contributed by atoms with Gasteiger partial charge in [0.2, 0.25) is 0 Å². The van der Waals surface area contributed by atoms with Crippen molar-refractivity contribution in [2.24, 2.45) is 0 Å².